The van der Waals surface area contributed by atoms with Crippen LogP contribution in [0.1, 0.15) is 40.5 Å². The van der Waals surface area contributed by atoms with E-state index in [0.29, 0.717) is 11.3 Å². The Kier molecular flexibility index (Phi) is 3.74. The molecule has 1 heteroatoms. The van der Waals surface area contributed by atoms with Gasteiger partial charge in [0.15, 0.2) is 0 Å². The minimum Gasteiger partial charge on any atom is -0.198 e. The highest BCUT2D eigenvalue weighted by Crippen LogP contribution is 2.41. The molecule has 2 unspecified atom stereocenters. The topological polar surface area (TPSA) is 23.8 Å². The van der Waals surface area contributed by atoms with Gasteiger partial charge in [-0.3, -0.25) is 0 Å². The highest BCUT2D eigenvalue weighted by atomic mass is 14.4. The van der Waals surface area contributed by atoms with E-state index in [2.05, 4.69) is 39.0 Å². The van der Waals surface area contributed by atoms with Crippen LogP contribution < -0.4 is 0 Å². The SMILES string of the molecule is CC1=CCCC(C)(C)C1/C=C/C(C)C#N. The summed E-state index contributed by atoms with van der Waals surface area (Å²) in [6.07, 6.45) is 9.02. The lowest BCUT2D eigenvalue weighted by Crippen LogP contribution is -2.26. The molecule has 15 heavy (non-hydrogen) atoms. The lowest BCUT2D eigenvalue weighted by Gasteiger charge is -2.36. The van der Waals surface area contributed by atoms with Crippen molar-refractivity contribution in [1.82, 2.24) is 0 Å². The Balaban J connectivity index is 2.82. The zero-order valence-corrected chi connectivity index (χ0v) is 10.2. The van der Waals surface area contributed by atoms with E-state index in [1.54, 1.807) is 0 Å². The van der Waals surface area contributed by atoms with Crippen molar-refractivity contribution in [2.45, 2.75) is 40.5 Å². The highest BCUT2D eigenvalue weighted by molar-refractivity contribution is 5.19. The molecule has 82 valence electrons. The second-order valence-electron chi connectivity index (χ2n) is 5.26. The van der Waals surface area contributed by atoms with E-state index in [0.717, 1.165) is 0 Å². The molecule has 0 N–H and O–H groups in total. The largest absolute Gasteiger partial charge is 0.198 e. The number of rotatable bonds is 2. The predicted octanol–water partition coefficient (Wildman–Crippen LogP) is 4.08. The van der Waals surface area contributed by atoms with E-state index in [1.807, 2.05) is 13.0 Å². The Morgan fingerprint density at radius 1 is 1.60 bits per heavy atom. The highest BCUT2D eigenvalue weighted by Gasteiger charge is 2.30. The van der Waals surface area contributed by atoms with Gasteiger partial charge >= 0.3 is 0 Å². The molecule has 0 heterocycles. The molecule has 0 aromatic heterocycles. The number of hydrogen-bond acceptors (Lipinski definition) is 1. The fraction of sp³-hybridized carbons (Fsp3) is 0.643. The summed E-state index contributed by atoms with van der Waals surface area (Å²) in [5, 5.41) is 8.74. The summed E-state index contributed by atoms with van der Waals surface area (Å²) < 4.78 is 0. The normalized spacial score (nSPS) is 27.1. The number of nitriles is 1. The van der Waals surface area contributed by atoms with E-state index in [1.165, 1.54) is 18.4 Å². The molecule has 1 rings (SSSR count). The van der Waals surface area contributed by atoms with Crippen molar-refractivity contribution in [2.24, 2.45) is 17.3 Å². The molecule has 0 aliphatic heterocycles. The minimum atomic E-state index is 0.0236. The van der Waals surface area contributed by atoms with Crippen molar-refractivity contribution in [3.63, 3.8) is 0 Å². The van der Waals surface area contributed by atoms with Crippen LogP contribution in [0.3, 0.4) is 0 Å². The summed E-state index contributed by atoms with van der Waals surface area (Å²) in [6, 6.07) is 2.24. The van der Waals surface area contributed by atoms with E-state index < -0.39 is 0 Å². The van der Waals surface area contributed by atoms with Crippen LogP contribution in [0.15, 0.2) is 23.8 Å². The van der Waals surface area contributed by atoms with Gasteiger partial charge in [0.05, 0.1) is 12.0 Å². The van der Waals surface area contributed by atoms with Gasteiger partial charge in [0.1, 0.15) is 0 Å². The maximum Gasteiger partial charge on any atom is 0.0694 e. The van der Waals surface area contributed by atoms with E-state index >= 15 is 0 Å². The lowest BCUT2D eigenvalue weighted by molar-refractivity contribution is 0.255. The zero-order chi connectivity index (χ0) is 11.5. The first-order valence-corrected chi connectivity index (χ1v) is 5.72. The van der Waals surface area contributed by atoms with Crippen LogP contribution in [0.4, 0.5) is 0 Å². The molecule has 0 spiro atoms. The average Bonchev–Trinajstić information content (AvgIpc) is 2.15. The lowest BCUT2D eigenvalue weighted by atomic mass is 9.68. The van der Waals surface area contributed by atoms with Crippen molar-refractivity contribution in [2.75, 3.05) is 0 Å². The van der Waals surface area contributed by atoms with Gasteiger partial charge < -0.3 is 0 Å². The molecular weight excluding hydrogens is 182 g/mol. The second kappa shape index (κ2) is 4.66. The van der Waals surface area contributed by atoms with Gasteiger partial charge in [0.25, 0.3) is 0 Å². The summed E-state index contributed by atoms with van der Waals surface area (Å²) in [6.45, 7) is 8.77. The molecule has 0 bridgehead atoms. The summed E-state index contributed by atoms with van der Waals surface area (Å²) >= 11 is 0. The molecule has 0 fully saturated rings. The Bertz CT molecular complexity index is 315. The van der Waals surface area contributed by atoms with Crippen molar-refractivity contribution in [3.8, 4) is 6.07 Å². The maximum absolute atomic E-state index is 8.74. The number of allylic oxidation sites excluding steroid dienone is 4. The van der Waals surface area contributed by atoms with E-state index in [-0.39, 0.29) is 5.92 Å². The third-order valence-electron chi connectivity index (χ3n) is 3.38. The molecular formula is C14H21N. The molecule has 0 radical (unpaired) electrons. The molecule has 2 atom stereocenters. The summed E-state index contributed by atoms with van der Waals surface area (Å²) in [5.74, 6) is 0.526. The monoisotopic (exact) mass is 203 g/mol. The van der Waals surface area contributed by atoms with Crippen molar-refractivity contribution < 1.29 is 0 Å². The summed E-state index contributed by atoms with van der Waals surface area (Å²) in [4.78, 5) is 0. The van der Waals surface area contributed by atoms with Crippen molar-refractivity contribution in [1.29, 1.82) is 5.26 Å². The molecule has 0 aromatic rings. The zero-order valence-electron chi connectivity index (χ0n) is 10.2. The van der Waals surface area contributed by atoms with Gasteiger partial charge in [-0.05, 0) is 32.1 Å². The van der Waals surface area contributed by atoms with Gasteiger partial charge in [-0.25, -0.2) is 0 Å². The molecule has 0 aromatic carbocycles. The van der Waals surface area contributed by atoms with Crippen LogP contribution in [0.25, 0.3) is 0 Å². The predicted molar refractivity (Wildman–Crippen MR) is 64.2 cm³/mol. The molecule has 1 nitrogen and oxygen atoms in total. The van der Waals surface area contributed by atoms with Crippen molar-refractivity contribution in [3.05, 3.63) is 23.8 Å². The molecule has 1 aliphatic carbocycles. The fourth-order valence-corrected chi connectivity index (χ4v) is 2.30. The third-order valence-corrected chi connectivity index (χ3v) is 3.38. The average molecular weight is 203 g/mol. The third kappa shape index (κ3) is 2.96. The first-order chi connectivity index (χ1) is 6.97. The summed E-state index contributed by atoms with van der Waals surface area (Å²) in [7, 11) is 0. The molecule has 1 aliphatic rings. The van der Waals surface area contributed by atoms with E-state index in [9.17, 15) is 0 Å². The van der Waals surface area contributed by atoms with Gasteiger partial charge in [-0.2, -0.15) is 5.26 Å². The second-order valence-corrected chi connectivity index (χ2v) is 5.26. The Labute approximate surface area is 93.5 Å². The van der Waals surface area contributed by atoms with Crippen LogP contribution in [0.2, 0.25) is 0 Å². The quantitative estimate of drug-likeness (QED) is 0.620. The number of hydrogen-bond donors (Lipinski definition) is 0. The van der Waals surface area contributed by atoms with Crippen LogP contribution in [0.5, 0.6) is 0 Å². The Hall–Kier alpha value is -1.03. The Morgan fingerprint density at radius 3 is 2.80 bits per heavy atom. The first-order valence-electron chi connectivity index (χ1n) is 5.72. The van der Waals surface area contributed by atoms with Crippen LogP contribution in [0, 0.1) is 28.6 Å². The summed E-state index contributed by atoms with van der Waals surface area (Å²) in [5.41, 5.74) is 1.79. The fourth-order valence-electron chi connectivity index (χ4n) is 2.30. The number of nitrogens with zero attached hydrogens (tertiary/aromatic N) is 1. The maximum atomic E-state index is 8.74. The minimum absolute atomic E-state index is 0.0236. The smallest absolute Gasteiger partial charge is 0.0694 e. The van der Waals surface area contributed by atoms with E-state index in [4.69, 9.17) is 5.26 Å². The van der Waals surface area contributed by atoms with Gasteiger partial charge in [0, 0.05) is 5.92 Å². The van der Waals surface area contributed by atoms with Crippen LogP contribution in [-0.4, -0.2) is 0 Å². The van der Waals surface area contributed by atoms with Gasteiger partial charge in [-0.1, -0.05) is 37.6 Å². The van der Waals surface area contributed by atoms with Crippen molar-refractivity contribution >= 4 is 0 Å². The van der Waals surface area contributed by atoms with Crippen LogP contribution >= 0.6 is 0 Å². The Morgan fingerprint density at radius 2 is 2.27 bits per heavy atom. The molecule has 0 saturated heterocycles. The standard InChI is InChI=1S/C14H21N/c1-11(10-15)7-8-13-12(2)6-5-9-14(13,3)4/h6-8,11,13H,5,9H2,1-4H3/b8-7+. The molecule has 0 saturated carbocycles. The van der Waals surface area contributed by atoms with Gasteiger partial charge in [0.2, 0.25) is 0 Å². The molecule has 0 amide bonds. The first kappa shape index (κ1) is 12.0. The van der Waals surface area contributed by atoms with Crippen LogP contribution in [-0.2, 0) is 0 Å². The van der Waals surface area contributed by atoms with Gasteiger partial charge in [-0.15, -0.1) is 0 Å².